The second-order valence-corrected chi connectivity index (χ2v) is 8.29. The molecule has 3 unspecified atom stereocenters. The standard InChI is InChI=1S/C20H22N4O6S/c1-29-14-4-2-12(3-5-14)16-10-15(17-6-7-18(31-17)24(27)28)22-19-13(11-21-23(16)19)8-9-30-20(25)26/h2-7,11,15-16,19,21-22H,8-10H2,1H3,(H,25,26). The molecule has 0 amide bonds. The van der Waals surface area contributed by atoms with Crippen molar-refractivity contribution in [1.82, 2.24) is 15.8 Å². The Labute approximate surface area is 182 Å². The third-order valence-electron chi connectivity index (χ3n) is 5.44. The molecule has 10 nitrogen and oxygen atoms in total. The highest BCUT2D eigenvalue weighted by Gasteiger charge is 2.41. The number of fused-ring (bicyclic) bond motifs is 1. The third kappa shape index (κ3) is 4.48. The van der Waals surface area contributed by atoms with E-state index in [9.17, 15) is 14.9 Å². The molecule has 3 heterocycles. The van der Waals surface area contributed by atoms with Gasteiger partial charge in [-0.2, -0.15) is 5.01 Å². The first-order valence-corrected chi connectivity index (χ1v) is 10.5. The van der Waals surface area contributed by atoms with Gasteiger partial charge in [0, 0.05) is 29.6 Å². The van der Waals surface area contributed by atoms with Gasteiger partial charge in [0.25, 0.3) is 0 Å². The Balaban J connectivity index is 1.60. The molecule has 0 radical (unpaired) electrons. The molecule has 3 N–H and O–H groups in total. The van der Waals surface area contributed by atoms with Crippen molar-refractivity contribution in [3.8, 4) is 5.75 Å². The molecule has 0 aliphatic carbocycles. The zero-order valence-electron chi connectivity index (χ0n) is 16.7. The molecule has 3 atom stereocenters. The summed E-state index contributed by atoms with van der Waals surface area (Å²) in [6.07, 6.45) is 1.48. The van der Waals surface area contributed by atoms with E-state index >= 15 is 0 Å². The first kappa shape index (κ1) is 21.1. The summed E-state index contributed by atoms with van der Waals surface area (Å²) in [4.78, 5) is 22.3. The minimum absolute atomic E-state index is 0.0162. The van der Waals surface area contributed by atoms with Gasteiger partial charge in [-0.15, -0.1) is 0 Å². The van der Waals surface area contributed by atoms with Crippen molar-refractivity contribution in [2.24, 2.45) is 0 Å². The number of nitro groups is 1. The number of nitrogens with zero attached hydrogens (tertiary/aromatic N) is 2. The molecule has 164 valence electrons. The molecule has 2 aliphatic heterocycles. The van der Waals surface area contributed by atoms with Gasteiger partial charge in [-0.05, 0) is 35.8 Å². The van der Waals surface area contributed by atoms with Crippen LogP contribution in [0.3, 0.4) is 0 Å². The van der Waals surface area contributed by atoms with Crippen LogP contribution in [0.25, 0.3) is 0 Å². The van der Waals surface area contributed by atoms with Crippen LogP contribution in [-0.4, -0.2) is 41.1 Å². The van der Waals surface area contributed by atoms with Crippen LogP contribution in [-0.2, 0) is 4.74 Å². The normalized spacial score (nSPS) is 22.9. The molecule has 31 heavy (non-hydrogen) atoms. The number of rotatable bonds is 7. The Bertz CT molecular complexity index is 992. The Morgan fingerprint density at radius 3 is 2.74 bits per heavy atom. The summed E-state index contributed by atoms with van der Waals surface area (Å²) in [6.45, 7) is 0.0528. The van der Waals surface area contributed by atoms with Crippen molar-refractivity contribution >= 4 is 22.5 Å². The molecule has 11 heteroatoms. The zero-order chi connectivity index (χ0) is 22.0. The minimum atomic E-state index is -1.31. The van der Waals surface area contributed by atoms with E-state index in [2.05, 4.69) is 20.5 Å². The maximum absolute atomic E-state index is 11.1. The monoisotopic (exact) mass is 446 g/mol. The fourth-order valence-corrected chi connectivity index (χ4v) is 4.85. The van der Waals surface area contributed by atoms with Crippen LogP contribution in [0.4, 0.5) is 9.80 Å². The second-order valence-electron chi connectivity index (χ2n) is 7.20. The summed E-state index contributed by atoms with van der Waals surface area (Å²) >= 11 is 1.17. The van der Waals surface area contributed by atoms with Crippen molar-refractivity contribution < 1.29 is 24.3 Å². The summed E-state index contributed by atoms with van der Waals surface area (Å²) in [7, 11) is 1.62. The van der Waals surface area contributed by atoms with Crippen molar-refractivity contribution in [3.05, 3.63) is 68.7 Å². The van der Waals surface area contributed by atoms with E-state index < -0.39 is 6.16 Å². The van der Waals surface area contributed by atoms with Crippen LogP contribution < -0.4 is 15.5 Å². The highest BCUT2D eigenvalue weighted by molar-refractivity contribution is 7.15. The van der Waals surface area contributed by atoms with Crippen LogP contribution in [0.2, 0.25) is 0 Å². The van der Waals surface area contributed by atoms with Gasteiger partial charge in [0.1, 0.15) is 11.9 Å². The molecule has 0 saturated carbocycles. The summed E-state index contributed by atoms with van der Waals surface area (Å²) in [5.41, 5.74) is 5.32. The number of benzene rings is 1. The lowest BCUT2D eigenvalue weighted by Gasteiger charge is -2.43. The number of hydrogen-bond acceptors (Lipinski definition) is 9. The van der Waals surface area contributed by atoms with Crippen LogP contribution in [0.15, 0.2) is 48.2 Å². The SMILES string of the molecule is COc1ccc(C2CC(c3ccc([N+](=O)[O-])s3)NC3C(CCOC(=O)O)=CNN32)cc1. The molecule has 0 bridgehead atoms. The lowest BCUT2D eigenvalue weighted by Crippen LogP contribution is -2.55. The van der Waals surface area contributed by atoms with Crippen LogP contribution in [0.1, 0.15) is 35.4 Å². The van der Waals surface area contributed by atoms with Gasteiger partial charge in [-0.3, -0.25) is 15.4 Å². The second kappa shape index (κ2) is 8.92. The van der Waals surface area contributed by atoms with Gasteiger partial charge in [0.2, 0.25) is 0 Å². The average molecular weight is 446 g/mol. The maximum atomic E-state index is 11.1. The Hall–Kier alpha value is -3.15. The molecular weight excluding hydrogens is 424 g/mol. The fraction of sp³-hybridized carbons (Fsp3) is 0.350. The van der Waals surface area contributed by atoms with Crippen LogP contribution in [0, 0.1) is 10.1 Å². The van der Waals surface area contributed by atoms with E-state index in [1.165, 1.54) is 17.4 Å². The highest BCUT2D eigenvalue weighted by Crippen LogP contribution is 2.42. The van der Waals surface area contributed by atoms with E-state index in [0.717, 1.165) is 21.8 Å². The Morgan fingerprint density at radius 2 is 2.10 bits per heavy atom. The average Bonchev–Trinajstić information content (AvgIpc) is 3.41. The summed E-state index contributed by atoms with van der Waals surface area (Å²) in [5.74, 6) is 0.763. The van der Waals surface area contributed by atoms with Gasteiger partial charge in [0.05, 0.1) is 24.7 Å². The van der Waals surface area contributed by atoms with Gasteiger partial charge >= 0.3 is 11.2 Å². The van der Waals surface area contributed by atoms with Gasteiger partial charge in [0.15, 0.2) is 0 Å². The highest BCUT2D eigenvalue weighted by atomic mass is 32.1. The molecule has 1 fully saturated rings. The predicted molar refractivity (Wildman–Crippen MR) is 113 cm³/mol. The van der Waals surface area contributed by atoms with Gasteiger partial charge in [-0.25, -0.2) is 4.79 Å². The lowest BCUT2D eigenvalue weighted by molar-refractivity contribution is -0.380. The van der Waals surface area contributed by atoms with Gasteiger partial charge < -0.3 is 20.0 Å². The van der Waals surface area contributed by atoms with Crippen molar-refractivity contribution in [1.29, 1.82) is 0 Å². The number of methoxy groups -OCH3 is 1. The van der Waals surface area contributed by atoms with E-state index in [1.54, 1.807) is 13.2 Å². The third-order valence-corrected chi connectivity index (χ3v) is 6.59. The molecule has 2 aromatic rings. The summed E-state index contributed by atoms with van der Waals surface area (Å²) < 4.78 is 9.94. The fourth-order valence-electron chi connectivity index (χ4n) is 3.96. The largest absolute Gasteiger partial charge is 0.505 e. The number of ether oxygens (including phenoxy) is 2. The first-order chi connectivity index (χ1) is 15.0. The molecule has 4 rings (SSSR count). The van der Waals surface area contributed by atoms with E-state index in [0.29, 0.717) is 12.8 Å². The van der Waals surface area contributed by atoms with Crippen molar-refractivity contribution in [3.63, 3.8) is 0 Å². The minimum Gasteiger partial charge on any atom is -0.497 e. The van der Waals surface area contributed by atoms with Crippen LogP contribution in [0.5, 0.6) is 5.75 Å². The lowest BCUT2D eigenvalue weighted by atomic mass is 9.93. The number of carboxylic acid groups (broad SMARTS) is 1. The number of hydrogen-bond donors (Lipinski definition) is 3. The quantitative estimate of drug-likeness (QED) is 0.332. The van der Waals surface area contributed by atoms with Gasteiger partial charge in [-0.1, -0.05) is 23.5 Å². The summed E-state index contributed by atoms with van der Waals surface area (Å²) in [5, 5.41) is 25.6. The van der Waals surface area contributed by atoms with Crippen molar-refractivity contribution in [2.45, 2.75) is 31.1 Å². The molecule has 2 aliphatic rings. The number of hydrazine groups is 1. The number of nitrogens with one attached hydrogen (secondary N) is 2. The smallest absolute Gasteiger partial charge is 0.497 e. The number of carbonyl (C=O) groups is 1. The summed E-state index contributed by atoms with van der Waals surface area (Å²) in [6, 6.07) is 11.0. The van der Waals surface area contributed by atoms with Crippen LogP contribution >= 0.6 is 11.3 Å². The topological polar surface area (TPSA) is 126 Å². The zero-order valence-corrected chi connectivity index (χ0v) is 17.5. The van der Waals surface area contributed by atoms with E-state index in [4.69, 9.17) is 9.84 Å². The maximum Gasteiger partial charge on any atom is 0.505 e. The number of thiophene rings is 1. The molecule has 1 saturated heterocycles. The predicted octanol–water partition coefficient (Wildman–Crippen LogP) is 3.56. The molecule has 1 aromatic heterocycles. The van der Waals surface area contributed by atoms with E-state index in [-0.39, 0.29) is 34.8 Å². The first-order valence-electron chi connectivity index (χ1n) is 9.69. The van der Waals surface area contributed by atoms with Crippen molar-refractivity contribution in [2.75, 3.05) is 13.7 Å². The molecular formula is C20H22N4O6S. The Morgan fingerprint density at radius 1 is 1.32 bits per heavy atom. The molecule has 1 aromatic carbocycles. The van der Waals surface area contributed by atoms with E-state index in [1.807, 2.05) is 30.5 Å². The Kier molecular flexibility index (Phi) is 6.07. The molecule has 0 spiro atoms.